The Morgan fingerprint density at radius 2 is 1.70 bits per heavy atom. The zero-order valence-electron chi connectivity index (χ0n) is 15.1. The van der Waals surface area contributed by atoms with Crippen LogP contribution in [0.2, 0.25) is 0 Å². The number of nitrogens with zero attached hydrogens (tertiary/aromatic N) is 2. The summed E-state index contributed by atoms with van der Waals surface area (Å²) in [6.45, 7) is 5.19. The van der Waals surface area contributed by atoms with E-state index in [1.54, 1.807) is 6.92 Å². The summed E-state index contributed by atoms with van der Waals surface area (Å²) < 4.78 is 5.88. The van der Waals surface area contributed by atoms with Gasteiger partial charge in [0.2, 0.25) is 11.0 Å². The van der Waals surface area contributed by atoms with Crippen LogP contribution in [0.25, 0.3) is 0 Å². The number of benzene rings is 1. The van der Waals surface area contributed by atoms with Crippen LogP contribution in [0.3, 0.4) is 0 Å². The fraction of sp³-hybridized carbons (Fsp3) is 0.353. The molecule has 1 aromatic heterocycles. The van der Waals surface area contributed by atoms with Gasteiger partial charge in [-0.15, -0.1) is 10.2 Å². The summed E-state index contributed by atoms with van der Waals surface area (Å²) in [5.74, 6) is -1.44. The Labute approximate surface area is 168 Å². The molecule has 2 N–H and O–H groups in total. The lowest BCUT2D eigenvalue weighted by Gasteiger charge is -2.10. The molecular weight excluding hydrogens is 436 g/mol. The molecule has 0 radical (unpaired) electrons. The molecule has 0 aliphatic carbocycles. The molecule has 10 heteroatoms. The summed E-state index contributed by atoms with van der Waals surface area (Å²) in [6, 6.07) is 3.63. The predicted octanol–water partition coefficient (Wildman–Crippen LogP) is 3.13. The number of halogens is 1. The second-order valence-corrected chi connectivity index (χ2v) is 7.78. The number of carbonyl (C=O) groups excluding carboxylic acids is 3. The number of ether oxygens (including phenoxy) is 1. The molecule has 0 aliphatic heterocycles. The smallest absolute Gasteiger partial charge is 0.306 e. The number of rotatable bonds is 7. The van der Waals surface area contributed by atoms with E-state index in [1.165, 1.54) is 11.3 Å². The molecule has 2 rings (SSSR count). The maximum atomic E-state index is 11.9. The second kappa shape index (κ2) is 9.56. The average molecular weight is 455 g/mol. The molecule has 1 aromatic carbocycles. The first-order valence-electron chi connectivity index (χ1n) is 8.06. The highest BCUT2D eigenvalue weighted by atomic mass is 79.9. The number of amides is 2. The van der Waals surface area contributed by atoms with E-state index in [9.17, 15) is 14.4 Å². The van der Waals surface area contributed by atoms with Crippen LogP contribution in [-0.4, -0.2) is 34.6 Å². The van der Waals surface area contributed by atoms with Crippen molar-refractivity contribution in [1.82, 2.24) is 10.2 Å². The summed E-state index contributed by atoms with van der Waals surface area (Å²) in [5.41, 5.74) is 2.60. The number of aromatic nitrogens is 2. The Morgan fingerprint density at radius 1 is 1.04 bits per heavy atom. The Morgan fingerprint density at radius 3 is 2.30 bits per heavy atom. The summed E-state index contributed by atoms with van der Waals surface area (Å²) in [7, 11) is 0. The molecule has 0 saturated heterocycles. The molecule has 0 bridgehead atoms. The minimum Gasteiger partial charge on any atom is -0.456 e. The summed E-state index contributed by atoms with van der Waals surface area (Å²) in [5, 5.41) is 13.9. The number of nitrogens with one attached hydrogen (secondary N) is 2. The SMILES string of the molecule is Cc1nnc(NC(=O)CCC(=O)OCC(=O)Nc2cc(C)c(Br)c(C)c2)s1. The fourth-order valence-electron chi connectivity index (χ4n) is 2.18. The Kier molecular flexibility index (Phi) is 7.43. The third-order valence-electron chi connectivity index (χ3n) is 3.41. The van der Waals surface area contributed by atoms with E-state index in [0.29, 0.717) is 10.8 Å². The van der Waals surface area contributed by atoms with Crippen molar-refractivity contribution in [3.05, 3.63) is 32.7 Å². The van der Waals surface area contributed by atoms with Gasteiger partial charge >= 0.3 is 5.97 Å². The number of aryl methyl sites for hydroxylation is 3. The molecule has 0 aliphatic rings. The van der Waals surface area contributed by atoms with Gasteiger partial charge in [0.1, 0.15) is 5.01 Å². The molecule has 144 valence electrons. The van der Waals surface area contributed by atoms with Crippen LogP contribution >= 0.6 is 27.3 Å². The molecule has 8 nitrogen and oxygen atoms in total. The van der Waals surface area contributed by atoms with Gasteiger partial charge in [-0.05, 0) is 44.0 Å². The van der Waals surface area contributed by atoms with Crippen LogP contribution in [0.5, 0.6) is 0 Å². The van der Waals surface area contributed by atoms with Gasteiger partial charge in [-0.1, -0.05) is 27.3 Å². The zero-order valence-corrected chi connectivity index (χ0v) is 17.5. The first-order valence-corrected chi connectivity index (χ1v) is 9.67. The van der Waals surface area contributed by atoms with Crippen molar-refractivity contribution < 1.29 is 19.1 Å². The minimum absolute atomic E-state index is 0.0653. The minimum atomic E-state index is -0.628. The molecule has 0 spiro atoms. The van der Waals surface area contributed by atoms with Gasteiger partial charge in [-0.2, -0.15) is 0 Å². The number of hydrogen-bond acceptors (Lipinski definition) is 7. The van der Waals surface area contributed by atoms with E-state index in [-0.39, 0.29) is 18.7 Å². The highest BCUT2D eigenvalue weighted by molar-refractivity contribution is 9.10. The van der Waals surface area contributed by atoms with Gasteiger partial charge in [0.25, 0.3) is 5.91 Å². The average Bonchev–Trinajstić information content (AvgIpc) is 3.00. The molecule has 0 atom stereocenters. The van der Waals surface area contributed by atoms with Crippen LogP contribution in [0.4, 0.5) is 10.8 Å². The molecule has 0 fully saturated rings. The second-order valence-electron chi connectivity index (χ2n) is 5.81. The molecule has 27 heavy (non-hydrogen) atoms. The van der Waals surface area contributed by atoms with Gasteiger partial charge < -0.3 is 15.4 Å². The lowest BCUT2D eigenvalue weighted by atomic mass is 10.1. The summed E-state index contributed by atoms with van der Waals surface area (Å²) in [6.07, 6.45) is -0.197. The molecule has 1 heterocycles. The molecule has 0 unspecified atom stereocenters. The van der Waals surface area contributed by atoms with Crippen molar-refractivity contribution in [2.24, 2.45) is 0 Å². The normalized spacial score (nSPS) is 10.4. The van der Waals surface area contributed by atoms with Crippen LogP contribution in [-0.2, 0) is 19.1 Å². The van der Waals surface area contributed by atoms with Crippen molar-refractivity contribution in [2.45, 2.75) is 33.6 Å². The van der Waals surface area contributed by atoms with E-state index in [0.717, 1.165) is 20.6 Å². The lowest BCUT2D eigenvalue weighted by molar-refractivity contribution is -0.147. The van der Waals surface area contributed by atoms with E-state index in [2.05, 4.69) is 36.8 Å². The van der Waals surface area contributed by atoms with Crippen molar-refractivity contribution in [1.29, 1.82) is 0 Å². The number of carbonyl (C=O) groups is 3. The highest BCUT2D eigenvalue weighted by Crippen LogP contribution is 2.24. The van der Waals surface area contributed by atoms with Crippen molar-refractivity contribution >= 4 is 55.9 Å². The largest absolute Gasteiger partial charge is 0.456 e. The van der Waals surface area contributed by atoms with E-state index < -0.39 is 18.5 Å². The molecule has 2 aromatic rings. The Hall–Kier alpha value is -2.33. The van der Waals surface area contributed by atoms with Crippen molar-refractivity contribution in [2.75, 3.05) is 17.2 Å². The maximum Gasteiger partial charge on any atom is 0.306 e. The fourth-order valence-corrected chi connectivity index (χ4v) is 3.01. The highest BCUT2D eigenvalue weighted by Gasteiger charge is 2.13. The predicted molar refractivity (Wildman–Crippen MR) is 106 cm³/mol. The third kappa shape index (κ3) is 6.72. The lowest BCUT2D eigenvalue weighted by Crippen LogP contribution is -2.22. The Bertz CT molecular complexity index is 845. The summed E-state index contributed by atoms with van der Waals surface area (Å²) in [4.78, 5) is 35.3. The van der Waals surface area contributed by atoms with E-state index >= 15 is 0 Å². The standard InChI is InChI=1S/C17H19BrN4O4S/c1-9-6-12(7-10(2)16(9)18)19-14(24)8-26-15(25)5-4-13(23)20-17-22-21-11(3)27-17/h6-7H,4-5,8H2,1-3H3,(H,19,24)(H,20,22,23). The van der Waals surface area contributed by atoms with Gasteiger partial charge in [-0.3, -0.25) is 14.4 Å². The number of esters is 1. The third-order valence-corrected chi connectivity index (χ3v) is 5.42. The maximum absolute atomic E-state index is 11.9. The van der Waals surface area contributed by atoms with E-state index in [1.807, 2.05) is 26.0 Å². The number of hydrogen-bond donors (Lipinski definition) is 2. The van der Waals surface area contributed by atoms with Crippen LogP contribution < -0.4 is 10.6 Å². The molecule has 0 saturated carbocycles. The van der Waals surface area contributed by atoms with E-state index in [4.69, 9.17) is 4.74 Å². The monoisotopic (exact) mass is 454 g/mol. The number of anilines is 2. The molecule has 2 amide bonds. The van der Waals surface area contributed by atoms with Crippen LogP contribution in [0.15, 0.2) is 16.6 Å². The molecular formula is C17H19BrN4O4S. The van der Waals surface area contributed by atoms with Gasteiger partial charge in [0.15, 0.2) is 6.61 Å². The first kappa shape index (κ1) is 21.0. The van der Waals surface area contributed by atoms with Crippen LogP contribution in [0, 0.1) is 20.8 Å². The van der Waals surface area contributed by atoms with Gasteiger partial charge in [0, 0.05) is 16.6 Å². The zero-order chi connectivity index (χ0) is 20.0. The quantitative estimate of drug-likeness (QED) is 0.621. The van der Waals surface area contributed by atoms with Crippen LogP contribution in [0.1, 0.15) is 29.0 Å². The van der Waals surface area contributed by atoms with Gasteiger partial charge in [-0.25, -0.2) is 0 Å². The van der Waals surface area contributed by atoms with Crippen molar-refractivity contribution in [3.63, 3.8) is 0 Å². The van der Waals surface area contributed by atoms with Crippen molar-refractivity contribution in [3.8, 4) is 0 Å². The Balaban J connectivity index is 1.71. The first-order chi connectivity index (χ1) is 12.7. The summed E-state index contributed by atoms with van der Waals surface area (Å²) >= 11 is 4.70. The van der Waals surface area contributed by atoms with Gasteiger partial charge in [0.05, 0.1) is 6.42 Å². The topological polar surface area (TPSA) is 110 Å².